The average molecular weight is 858 g/mol. The summed E-state index contributed by atoms with van der Waals surface area (Å²) in [6.07, 6.45) is 6.90. The summed E-state index contributed by atoms with van der Waals surface area (Å²) in [4.78, 5) is 59.9. The smallest absolute Gasteiger partial charge is 0.408 e. The number of rotatable bonds is 8. The highest BCUT2D eigenvalue weighted by Gasteiger charge is 2.62. The van der Waals surface area contributed by atoms with Crippen molar-refractivity contribution < 1.29 is 37.1 Å². The second-order valence-electron chi connectivity index (χ2n) is 18.7. The molecular weight excluding hydrogens is 799 g/mol. The van der Waals surface area contributed by atoms with E-state index in [4.69, 9.17) is 19.7 Å². The fraction of sp³-hybridized carbons (Fsp3) is 0.556. The van der Waals surface area contributed by atoms with Gasteiger partial charge in [0.15, 0.2) is 0 Å². The van der Waals surface area contributed by atoms with Gasteiger partial charge >= 0.3 is 6.09 Å². The SMILES string of the molecule is C=C[C@@H]1C[C@]1(NC(=O)[C@@H]1C[C@@H]2CN1C(=O)[C@H](C(C)(C)C)NC(=O)OC(C)(C)CCCCCCc1cc(ccc1OC)-c1nn2nc1-c1ccccc1)C(=O)NS(=O)(=O)C1CC1. The molecule has 2 saturated carbocycles. The number of carbonyl (C=O) groups is 4. The van der Waals surface area contributed by atoms with E-state index in [1.54, 1.807) is 11.9 Å². The summed E-state index contributed by atoms with van der Waals surface area (Å²) in [7, 11) is -2.27. The molecule has 15 nitrogen and oxygen atoms in total. The highest BCUT2D eigenvalue weighted by molar-refractivity contribution is 7.91. The van der Waals surface area contributed by atoms with Crippen molar-refractivity contribution in [2.75, 3.05) is 13.7 Å². The van der Waals surface area contributed by atoms with Crippen LogP contribution in [0.2, 0.25) is 0 Å². The summed E-state index contributed by atoms with van der Waals surface area (Å²) >= 11 is 0. The van der Waals surface area contributed by atoms with Gasteiger partial charge in [-0.2, -0.15) is 15.0 Å². The van der Waals surface area contributed by atoms with E-state index in [-0.39, 0.29) is 19.4 Å². The van der Waals surface area contributed by atoms with E-state index in [2.05, 4.69) is 28.0 Å². The third kappa shape index (κ3) is 9.48. The molecule has 328 valence electrons. The number of aryl methyl sites for hydroxylation is 1. The second kappa shape index (κ2) is 16.9. The number of cyclic esters (lactones) is 1. The Bertz CT molecular complexity index is 2280. The molecular formula is C45H59N7O8S. The molecule has 7 rings (SSSR count). The second-order valence-corrected chi connectivity index (χ2v) is 20.7. The topological polar surface area (TPSA) is 191 Å². The fourth-order valence-electron chi connectivity index (χ4n) is 8.57. The molecule has 0 radical (unpaired) electrons. The number of ether oxygens (including phenoxy) is 2. The molecule has 3 fully saturated rings. The van der Waals surface area contributed by atoms with Crippen LogP contribution in [-0.2, 0) is 35.6 Å². The zero-order chi connectivity index (χ0) is 43.9. The molecule has 3 aromatic rings. The molecule has 6 bridgehead atoms. The minimum absolute atomic E-state index is 0.0118. The van der Waals surface area contributed by atoms with Gasteiger partial charge in [0.05, 0.1) is 18.4 Å². The Morgan fingerprint density at radius 1 is 1.00 bits per heavy atom. The van der Waals surface area contributed by atoms with Crippen LogP contribution in [-0.4, -0.2) is 94.3 Å². The third-order valence-corrected chi connectivity index (χ3v) is 14.2. The molecule has 1 saturated heterocycles. The summed E-state index contributed by atoms with van der Waals surface area (Å²) in [6, 6.07) is 12.7. The predicted octanol–water partition coefficient (Wildman–Crippen LogP) is 5.86. The van der Waals surface area contributed by atoms with Crippen LogP contribution in [0, 0.1) is 11.3 Å². The van der Waals surface area contributed by atoms with Gasteiger partial charge in [-0.3, -0.25) is 19.1 Å². The van der Waals surface area contributed by atoms with Gasteiger partial charge in [-0.15, -0.1) is 6.58 Å². The Morgan fingerprint density at radius 3 is 2.33 bits per heavy atom. The lowest BCUT2D eigenvalue weighted by atomic mass is 9.85. The van der Waals surface area contributed by atoms with E-state index in [0.717, 1.165) is 54.5 Å². The Hall–Kier alpha value is -5.25. The lowest BCUT2D eigenvalue weighted by Gasteiger charge is -2.36. The normalized spacial score (nSPS) is 25.9. The van der Waals surface area contributed by atoms with Gasteiger partial charge in [0, 0.05) is 30.0 Å². The van der Waals surface area contributed by atoms with Crippen molar-refractivity contribution in [3.05, 3.63) is 66.7 Å². The van der Waals surface area contributed by atoms with Crippen LogP contribution in [0.15, 0.2) is 61.2 Å². The van der Waals surface area contributed by atoms with Crippen LogP contribution in [0.5, 0.6) is 5.75 Å². The van der Waals surface area contributed by atoms with Crippen molar-refractivity contribution in [3.63, 3.8) is 0 Å². The largest absolute Gasteiger partial charge is 0.496 e. The summed E-state index contributed by atoms with van der Waals surface area (Å²) in [5.41, 5.74) is 0.697. The Balaban J connectivity index is 1.30. The first-order chi connectivity index (χ1) is 28.9. The lowest BCUT2D eigenvalue weighted by Crippen LogP contribution is -2.60. The highest BCUT2D eigenvalue weighted by atomic mass is 32.2. The summed E-state index contributed by atoms with van der Waals surface area (Å²) in [5.74, 6) is -1.78. The van der Waals surface area contributed by atoms with Gasteiger partial charge < -0.3 is 25.0 Å². The minimum Gasteiger partial charge on any atom is -0.496 e. The van der Waals surface area contributed by atoms with Gasteiger partial charge in [-0.1, -0.05) is 70.0 Å². The first-order valence-electron chi connectivity index (χ1n) is 21.4. The zero-order valence-electron chi connectivity index (χ0n) is 36.0. The van der Waals surface area contributed by atoms with E-state index in [9.17, 15) is 27.6 Å². The van der Waals surface area contributed by atoms with Crippen molar-refractivity contribution >= 4 is 33.8 Å². The number of benzene rings is 2. The van der Waals surface area contributed by atoms with Crippen LogP contribution in [0.4, 0.5) is 4.79 Å². The molecule has 1 aromatic heterocycles. The number of fused-ring (bicyclic) bond motifs is 8. The molecule has 0 unspecified atom stereocenters. The standard InChI is InChI=1S/C45H59N7O8S/c1-8-31-26-45(31,41(55)50-61(57,58)33-20-21-33)47-39(53)34-25-32-27-51(34)40(54)38(43(2,3)4)46-42(56)60-44(5,6)23-15-10-9-12-18-29-24-30(19-22-35(29)59-7)37-36(48-52(32)49-37)28-16-13-11-14-17-28/h8,11,13-14,16-17,19,22,24,31-34,38H,1,9-10,12,15,18,20-21,23,25-27H2,2-7H3,(H,46,56)(H,47,53)(H,50,55)/t31-,32-,34+,38-,45-/m1/s1. The summed E-state index contributed by atoms with van der Waals surface area (Å²) in [6.45, 7) is 13.0. The fourth-order valence-corrected chi connectivity index (χ4v) is 9.93. The van der Waals surface area contributed by atoms with E-state index < -0.39 is 79.7 Å². The Labute approximate surface area is 358 Å². The van der Waals surface area contributed by atoms with Gasteiger partial charge in [0.2, 0.25) is 21.8 Å². The van der Waals surface area contributed by atoms with Crippen LogP contribution in [0.25, 0.3) is 22.5 Å². The number of aromatic nitrogens is 3. The number of nitrogens with zero attached hydrogens (tertiary/aromatic N) is 4. The van der Waals surface area contributed by atoms with Gasteiger partial charge in [0.25, 0.3) is 5.91 Å². The maximum absolute atomic E-state index is 15.0. The molecule has 16 heteroatoms. The first-order valence-corrected chi connectivity index (χ1v) is 22.9. The van der Waals surface area contributed by atoms with Crippen molar-refractivity contribution in [2.24, 2.45) is 11.3 Å². The number of hydrogen-bond acceptors (Lipinski definition) is 10. The molecule has 4 amide bonds. The number of alkyl carbamates (subject to hydrolysis) is 1. The Morgan fingerprint density at radius 2 is 1.69 bits per heavy atom. The van der Waals surface area contributed by atoms with Crippen molar-refractivity contribution in [3.8, 4) is 28.3 Å². The molecule has 4 aliphatic rings. The lowest BCUT2D eigenvalue weighted by molar-refractivity contribution is -0.143. The van der Waals surface area contributed by atoms with Crippen LogP contribution in [0.1, 0.15) is 104 Å². The van der Waals surface area contributed by atoms with E-state index in [1.165, 1.54) is 11.0 Å². The van der Waals surface area contributed by atoms with Crippen LogP contribution >= 0.6 is 0 Å². The minimum atomic E-state index is -3.92. The molecule has 2 aromatic carbocycles. The van der Waals surface area contributed by atoms with E-state index >= 15 is 0 Å². The summed E-state index contributed by atoms with van der Waals surface area (Å²) in [5, 5.41) is 15.2. The first kappa shape index (κ1) is 43.8. The van der Waals surface area contributed by atoms with Crippen molar-refractivity contribution in [1.29, 1.82) is 0 Å². The molecule has 3 heterocycles. The maximum Gasteiger partial charge on any atom is 0.408 e. The molecule has 3 N–H and O–H groups in total. The quantitative estimate of drug-likeness (QED) is 0.232. The number of hydrogen-bond donors (Lipinski definition) is 3. The number of carbonyl (C=O) groups excluding carboxylic acids is 4. The number of methoxy groups -OCH3 is 1. The van der Waals surface area contributed by atoms with E-state index in [0.29, 0.717) is 30.7 Å². The number of amides is 4. The summed E-state index contributed by atoms with van der Waals surface area (Å²) < 4.78 is 39.6. The number of sulfonamides is 1. The van der Waals surface area contributed by atoms with Gasteiger partial charge in [-0.05, 0) is 88.0 Å². The average Bonchev–Trinajstić information content (AvgIpc) is 4.10. The van der Waals surface area contributed by atoms with Crippen LogP contribution < -0.4 is 20.1 Å². The zero-order valence-corrected chi connectivity index (χ0v) is 36.8. The maximum atomic E-state index is 15.0. The molecule has 2 aliphatic carbocycles. The van der Waals surface area contributed by atoms with E-state index in [1.807, 2.05) is 77.1 Å². The molecule has 5 atom stereocenters. The van der Waals surface area contributed by atoms with Gasteiger partial charge in [0.1, 0.15) is 40.4 Å². The Kier molecular flexibility index (Phi) is 12.1. The number of nitrogens with one attached hydrogen (secondary N) is 3. The van der Waals surface area contributed by atoms with Crippen molar-refractivity contribution in [1.82, 2.24) is 35.2 Å². The highest BCUT2D eigenvalue weighted by Crippen LogP contribution is 2.46. The monoisotopic (exact) mass is 857 g/mol. The molecule has 0 spiro atoms. The molecule has 2 aliphatic heterocycles. The van der Waals surface area contributed by atoms with Gasteiger partial charge in [-0.25, -0.2) is 13.2 Å². The predicted molar refractivity (Wildman–Crippen MR) is 230 cm³/mol. The van der Waals surface area contributed by atoms with Crippen LogP contribution in [0.3, 0.4) is 0 Å². The third-order valence-electron chi connectivity index (χ3n) is 12.4. The van der Waals surface area contributed by atoms with Crippen molar-refractivity contribution in [2.45, 2.75) is 133 Å². The molecule has 61 heavy (non-hydrogen) atoms.